The number of hydrogen-bond acceptors (Lipinski definition) is 2. The van der Waals surface area contributed by atoms with Crippen LogP contribution in [-0.4, -0.2) is 30.7 Å². The van der Waals surface area contributed by atoms with Gasteiger partial charge in [0, 0.05) is 60.9 Å². The lowest BCUT2D eigenvalue weighted by Gasteiger charge is -2.25. The smallest absolute Gasteiger partial charge is 0.0536 e. The second-order valence-corrected chi connectivity index (χ2v) is 11.7. The van der Waals surface area contributed by atoms with Gasteiger partial charge in [0.2, 0.25) is 0 Å². The number of anilines is 2. The molecule has 0 bridgehead atoms. The van der Waals surface area contributed by atoms with Gasteiger partial charge in [-0.25, -0.2) is 0 Å². The van der Waals surface area contributed by atoms with Crippen LogP contribution in [0.3, 0.4) is 0 Å². The Labute approximate surface area is 269 Å². The standard InChI is InChI=1S/C42H45N3/c1-5-43(6-2)36-27-23-33(24-28-36)40(34-25-29-37(30-26-34)44(7-3)8-4)41-38-21-15-16-22-39(38)45(31-32-17-11-9-12-18-32)42(41)35-19-13-10-14-20-35/h9-30,40H,5-8,31H2,1-4H3. The Bertz CT molecular complexity index is 1740. The maximum atomic E-state index is 2.54. The molecule has 0 aliphatic rings. The molecule has 0 aliphatic carbocycles. The minimum atomic E-state index is 0.0543. The van der Waals surface area contributed by atoms with Crippen LogP contribution in [0.1, 0.15) is 55.9 Å². The predicted octanol–water partition coefficient (Wildman–Crippen LogP) is 10.2. The first-order valence-electron chi connectivity index (χ1n) is 16.6. The molecular weight excluding hydrogens is 546 g/mol. The zero-order chi connectivity index (χ0) is 31.2. The molecule has 3 nitrogen and oxygen atoms in total. The molecule has 3 heteroatoms. The number of aromatic nitrogens is 1. The van der Waals surface area contributed by atoms with E-state index >= 15 is 0 Å². The summed E-state index contributed by atoms with van der Waals surface area (Å²) >= 11 is 0. The van der Waals surface area contributed by atoms with E-state index in [2.05, 4.69) is 176 Å². The fraction of sp³-hybridized carbons (Fsp3) is 0.238. The lowest BCUT2D eigenvalue weighted by molar-refractivity contribution is 0.834. The predicted molar refractivity (Wildman–Crippen MR) is 194 cm³/mol. The third-order valence-electron chi connectivity index (χ3n) is 9.24. The second kappa shape index (κ2) is 13.9. The second-order valence-electron chi connectivity index (χ2n) is 11.7. The highest BCUT2D eigenvalue weighted by atomic mass is 15.1. The molecule has 0 N–H and O–H groups in total. The van der Waals surface area contributed by atoms with Crippen LogP contribution in [0.4, 0.5) is 11.4 Å². The van der Waals surface area contributed by atoms with Gasteiger partial charge in [0.15, 0.2) is 0 Å². The Balaban J connectivity index is 1.62. The summed E-state index contributed by atoms with van der Waals surface area (Å²) in [5.74, 6) is 0.0543. The first-order chi connectivity index (χ1) is 22.2. The van der Waals surface area contributed by atoms with Gasteiger partial charge in [-0.1, -0.05) is 103 Å². The number of fused-ring (bicyclic) bond motifs is 1. The number of nitrogens with zero attached hydrogens (tertiary/aromatic N) is 3. The monoisotopic (exact) mass is 591 g/mol. The summed E-state index contributed by atoms with van der Waals surface area (Å²) in [6, 6.07) is 49.5. The first kappa shape index (κ1) is 30.3. The van der Waals surface area contributed by atoms with E-state index in [1.54, 1.807) is 0 Å². The van der Waals surface area contributed by atoms with E-state index in [-0.39, 0.29) is 5.92 Å². The van der Waals surface area contributed by atoms with Crippen molar-refractivity contribution >= 4 is 22.3 Å². The van der Waals surface area contributed by atoms with Gasteiger partial charge in [-0.05, 0) is 85.8 Å². The van der Waals surface area contributed by atoms with Gasteiger partial charge in [-0.2, -0.15) is 0 Å². The highest BCUT2D eigenvalue weighted by molar-refractivity contribution is 5.94. The van der Waals surface area contributed by atoms with Gasteiger partial charge in [0.25, 0.3) is 0 Å². The van der Waals surface area contributed by atoms with Crippen LogP contribution in [0.25, 0.3) is 22.2 Å². The van der Waals surface area contributed by atoms with Crippen LogP contribution in [0, 0.1) is 0 Å². The van der Waals surface area contributed by atoms with Crippen molar-refractivity contribution in [1.82, 2.24) is 4.57 Å². The van der Waals surface area contributed by atoms with Crippen LogP contribution in [0.2, 0.25) is 0 Å². The van der Waals surface area contributed by atoms with Crippen LogP contribution in [0.15, 0.2) is 133 Å². The molecule has 6 aromatic rings. The molecule has 0 atom stereocenters. The molecule has 6 rings (SSSR count). The largest absolute Gasteiger partial charge is 0.372 e. The van der Waals surface area contributed by atoms with Crippen LogP contribution < -0.4 is 9.80 Å². The lowest BCUT2D eigenvalue weighted by Crippen LogP contribution is -2.22. The van der Waals surface area contributed by atoms with Crippen LogP contribution in [0.5, 0.6) is 0 Å². The van der Waals surface area contributed by atoms with Crippen molar-refractivity contribution in [1.29, 1.82) is 0 Å². The van der Waals surface area contributed by atoms with Gasteiger partial charge in [-0.15, -0.1) is 0 Å². The maximum absolute atomic E-state index is 2.54. The lowest BCUT2D eigenvalue weighted by atomic mass is 9.82. The van der Waals surface area contributed by atoms with Gasteiger partial charge >= 0.3 is 0 Å². The van der Waals surface area contributed by atoms with Crippen molar-refractivity contribution in [3.05, 3.63) is 156 Å². The summed E-state index contributed by atoms with van der Waals surface area (Å²) in [6.45, 7) is 13.7. The molecule has 0 amide bonds. The fourth-order valence-electron chi connectivity index (χ4n) is 6.92. The van der Waals surface area contributed by atoms with Crippen LogP contribution in [-0.2, 0) is 6.54 Å². The van der Waals surface area contributed by atoms with E-state index in [4.69, 9.17) is 0 Å². The minimum Gasteiger partial charge on any atom is -0.372 e. The van der Waals surface area contributed by atoms with Crippen molar-refractivity contribution < 1.29 is 0 Å². The molecule has 0 fully saturated rings. The van der Waals surface area contributed by atoms with Crippen molar-refractivity contribution in [2.24, 2.45) is 0 Å². The average Bonchev–Trinajstić information content (AvgIpc) is 3.41. The minimum absolute atomic E-state index is 0.0543. The summed E-state index contributed by atoms with van der Waals surface area (Å²) in [4.78, 5) is 4.83. The van der Waals surface area contributed by atoms with E-state index in [0.717, 1.165) is 32.7 Å². The summed E-state index contributed by atoms with van der Waals surface area (Å²) in [6.07, 6.45) is 0. The van der Waals surface area contributed by atoms with Gasteiger partial charge in [-0.3, -0.25) is 0 Å². The summed E-state index contributed by atoms with van der Waals surface area (Å²) in [5, 5.41) is 1.30. The molecular formula is C42H45N3. The Hall–Kier alpha value is -4.76. The van der Waals surface area contributed by atoms with E-state index in [0.29, 0.717) is 0 Å². The molecule has 0 saturated heterocycles. The van der Waals surface area contributed by atoms with E-state index in [1.165, 1.54) is 55.8 Å². The normalized spacial score (nSPS) is 11.3. The van der Waals surface area contributed by atoms with Crippen LogP contribution >= 0.6 is 0 Å². The van der Waals surface area contributed by atoms with Crippen molar-refractivity contribution in [3.63, 3.8) is 0 Å². The zero-order valence-corrected chi connectivity index (χ0v) is 27.2. The van der Waals surface area contributed by atoms with Gasteiger partial charge in [0.05, 0.1) is 5.69 Å². The molecule has 1 aromatic heterocycles. The number of rotatable bonds is 12. The number of benzene rings is 5. The zero-order valence-electron chi connectivity index (χ0n) is 27.2. The third-order valence-corrected chi connectivity index (χ3v) is 9.24. The molecule has 228 valence electrons. The number of para-hydroxylation sites is 1. The van der Waals surface area contributed by atoms with Crippen molar-refractivity contribution in [2.45, 2.75) is 40.2 Å². The summed E-state index contributed by atoms with van der Waals surface area (Å²) < 4.78 is 2.54. The molecule has 0 unspecified atom stereocenters. The molecule has 0 spiro atoms. The molecule has 1 heterocycles. The van der Waals surface area contributed by atoms with Crippen molar-refractivity contribution in [3.8, 4) is 11.3 Å². The molecule has 0 radical (unpaired) electrons. The quantitative estimate of drug-likeness (QED) is 0.140. The molecule has 5 aromatic carbocycles. The third kappa shape index (κ3) is 6.13. The Morgan fingerprint density at radius 1 is 0.511 bits per heavy atom. The first-order valence-corrected chi connectivity index (χ1v) is 16.6. The molecule has 45 heavy (non-hydrogen) atoms. The van der Waals surface area contributed by atoms with E-state index in [1.807, 2.05) is 0 Å². The number of hydrogen-bond donors (Lipinski definition) is 0. The van der Waals surface area contributed by atoms with E-state index < -0.39 is 0 Å². The van der Waals surface area contributed by atoms with E-state index in [9.17, 15) is 0 Å². The van der Waals surface area contributed by atoms with Gasteiger partial charge in [0.1, 0.15) is 0 Å². The molecule has 0 aliphatic heterocycles. The summed E-state index contributed by atoms with van der Waals surface area (Å²) in [7, 11) is 0. The van der Waals surface area contributed by atoms with Gasteiger partial charge < -0.3 is 14.4 Å². The highest BCUT2D eigenvalue weighted by Crippen LogP contribution is 2.45. The highest BCUT2D eigenvalue weighted by Gasteiger charge is 2.28. The Morgan fingerprint density at radius 2 is 0.978 bits per heavy atom. The Morgan fingerprint density at radius 3 is 1.49 bits per heavy atom. The molecule has 0 saturated carbocycles. The maximum Gasteiger partial charge on any atom is 0.0536 e. The fourth-order valence-corrected chi connectivity index (χ4v) is 6.92. The topological polar surface area (TPSA) is 11.4 Å². The average molecular weight is 592 g/mol. The summed E-state index contributed by atoms with van der Waals surface area (Å²) in [5.41, 5.74) is 11.6. The SMILES string of the molecule is CCN(CC)c1ccc(C(c2ccc(N(CC)CC)cc2)c2c(-c3ccccc3)n(Cc3ccccc3)c3ccccc23)cc1. The Kier molecular flexibility index (Phi) is 9.35. The van der Waals surface area contributed by atoms with Crippen molar-refractivity contribution in [2.75, 3.05) is 36.0 Å².